The molecule has 35 heavy (non-hydrogen) atoms. The van der Waals surface area contributed by atoms with E-state index in [1.807, 2.05) is 12.3 Å². The van der Waals surface area contributed by atoms with Gasteiger partial charge in [0.05, 0.1) is 15.5 Å². The highest BCUT2D eigenvalue weighted by Crippen LogP contribution is 2.46. The number of halogens is 1. The van der Waals surface area contributed by atoms with Crippen molar-refractivity contribution in [1.29, 1.82) is 0 Å². The molecule has 2 aliphatic heterocycles. The average molecular weight is 516 g/mol. The van der Waals surface area contributed by atoms with Crippen LogP contribution in [0.5, 0.6) is 5.75 Å². The number of hydrogen-bond acceptors (Lipinski definition) is 7. The van der Waals surface area contributed by atoms with Gasteiger partial charge in [-0.25, -0.2) is 4.31 Å². The fourth-order valence-electron chi connectivity index (χ4n) is 4.64. The Morgan fingerprint density at radius 3 is 2.57 bits per heavy atom. The molecule has 0 aromatic heterocycles. The van der Waals surface area contributed by atoms with Gasteiger partial charge in [0.2, 0.25) is 0 Å². The number of unbranched alkanes of at least 4 members (excludes halogenated alkanes) is 1. The van der Waals surface area contributed by atoms with Gasteiger partial charge in [-0.2, -0.15) is 4.39 Å². The maximum absolute atomic E-state index is 13.5. The third-order valence-corrected chi connectivity index (χ3v) is 8.49. The largest absolute Gasteiger partial charge is 0.461 e. The van der Waals surface area contributed by atoms with Gasteiger partial charge < -0.3 is 14.5 Å². The summed E-state index contributed by atoms with van der Waals surface area (Å²) in [6.07, 6.45) is 8.97. The number of thioether (sulfide) groups is 1. The standard InChI is InChI=1S/C27H34FN3O2S2/c1-4-5-8-23-17-31(22-11-9-21(10-12-22)30-13-6-7-14-30)24-15-27(34-3)25(33-19-20(28)18-32)16-26(24)35-29(23)2/h9-12,15-16,18-19,23H,4-8,13-14,17H2,1-3H3/b20-19-. The van der Waals surface area contributed by atoms with Crippen LogP contribution in [0.25, 0.3) is 0 Å². The number of anilines is 3. The highest BCUT2D eigenvalue weighted by molar-refractivity contribution is 7.98. The van der Waals surface area contributed by atoms with Crippen molar-refractivity contribution in [3.05, 3.63) is 48.5 Å². The summed E-state index contributed by atoms with van der Waals surface area (Å²) in [5.41, 5.74) is 3.57. The van der Waals surface area contributed by atoms with Crippen molar-refractivity contribution in [1.82, 2.24) is 4.31 Å². The molecule has 1 fully saturated rings. The average Bonchev–Trinajstić information content (AvgIpc) is 3.38. The second-order valence-electron chi connectivity index (χ2n) is 8.96. The summed E-state index contributed by atoms with van der Waals surface area (Å²) in [4.78, 5) is 17.5. The summed E-state index contributed by atoms with van der Waals surface area (Å²) in [5.74, 6) is -0.387. The van der Waals surface area contributed by atoms with Crippen LogP contribution in [0.4, 0.5) is 21.5 Å². The first-order chi connectivity index (χ1) is 17.0. The second kappa shape index (κ2) is 12.2. The van der Waals surface area contributed by atoms with E-state index in [4.69, 9.17) is 4.74 Å². The SMILES string of the molecule is CCCCC1CN(c2ccc(N3CCCC3)cc2)c2cc(SC)c(O/C=C(\F)C=O)cc2SN1C. The quantitative estimate of drug-likeness (QED) is 0.116. The summed E-state index contributed by atoms with van der Waals surface area (Å²) in [6.45, 7) is 5.37. The van der Waals surface area contributed by atoms with E-state index in [-0.39, 0.29) is 6.29 Å². The molecule has 2 aromatic carbocycles. The van der Waals surface area contributed by atoms with Gasteiger partial charge in [0.15, 0.2) is 12.1 Å². The number of likely N-dealkylation sites (N-methyl/N-ethyl adjacent to an activating group) is 1. The highest BCUT2D eigenvalue weighted by Gasteiger charge is 2.29. The Morgan fingerprint density at radius 2 is 1.91 bits per heavy atom. The zero-order chi connectivity index (χ0) is 24.8. The molecule has 2 heterocycles. The molecule has 0 bridgehead atoms. The van der Waals surface area contributed by atoms with Gasteiger partial charge in [-0.05, 0) is 80.9 Å². The van der Waals surface area contributed by atoms with Crippen LogP contribution in [0.3, 0.4) is 0 Å². The normalized spacial score (nSPS) is 19.0. The smallest absolute Gasteiger partial charge is 0.197 e. The molecular formula is C27H34FN3O2S2. The van der Waals surface area contributed by atoms with E-state index in [9.17, 15) is 9.18 Å². The molecule has 5 nitrogen and oxygen atoms in total. The van der Waals surface area contributed by atoms with Crippen LogP contribution in [0.15, 0.2) is 58.3 Å². The number of fused-ring (bicyclic) bond motifs is 1. The van der Waals surface area contributed by atoms with Gasteiger partial charge in [-0.1, -0.05) is 19.8 Å². The molecule has 188 valence electrons. The Labute approximate surface area is 216 Å². The van der Waals surface area contributed by atoms with Gasteiger partial charge in [-0.15, -0.1) is 11.8 Å². The van der Waals surface area contributed by atoms with Gasteiger partial charge in [0, 0.05) is 37.1 Å². The predicted molar refractivity (Wildman–Crippen MR) is 146 cm³/mol. The van der Waals surface area contributed by atoms with Crippen LogP contribution in [-0.4, -0.2) is 49.6 Å². The third-order valence-electron chi connectivity index (χ3n) is 6.62. The van der Waals surface area contributed by atoms with Crippen LogP contribution in [0, 0.1) is 0 Å². The molecule has 2 aromatic rings. The predicted octanol–water partition coefficient (Wildman–Crippen LogP) is 7.05. The Hall–Kier alpha value is -2.16. The molecule has 0 aliphatic carbocycles. The van der Waals surface area contributed by atoms with Crippen molar-refractivity contribution in [3.63, 3.8) is 0 Å². The number of nitrogens with zero attached hydrogens (tertiary/aromatic N) is 3. The summed E-state index contributed by atoms with van der Waals surface area (Å²) < 4.78 is 21.4. The summed E-state index contributed by atoms with van der Waals surface area (Å²) in [7, 11) is 2.14. The first-order valence-electron chi connectivity index (χ1n) is 12.3. The fourth-order valence-corrected chi connectivity index (χ4v) is 6.24. The number of hydrogen-bond donors (Lipinski definition) is 0. The van der Waals surface area contributed by atoms with E-state index >= 15 is 0 Å². The van der Waals surface area contributed by atoms with Gasteiger partial charge in [0.1, 0.15) is 12.0 Å². The van der Waals surface area contributed by atoms with Crippen molar-refractivity contribution in [2.24, 2.45) is 0 Å². The van der Waals surface area contributed by atoms with E-state index in [0.717, 1.165) is 54.2 Å². The molecule has 4 rings (SSSR count). The van der Waals surface area contributed by atoms with E-state index in [2.05, 4.69) is 58.4 Å². The second-order valence-corrected chi connectivity index (χ2v) is 11.0. The molecule has 0 spiro atoms. The molecule has 1 saturated heterocycles. The zero-order valence-electron chi connectivity index (χ0n) is 20.7. The topological polar surface area (TPSA) is 36.0 Å². The molecule has 0 saturated carbocycles. The summed E-state index contributed by atoms with van der Waals surface area (Å²) >= 11 is 3.24. The highest BCUT2D eigenvalue weighted by atomic mass is 32.2. The van der Waals surface area contributed by atoms with Crippen LogP contribution >= 0.6 is 23.7 Å². The lowest BCUT2D eigenvalue weighted by Crippen LogP contribution is -2.35. The molecular weight excluding hydrogens is 481 g/mol. The lowest BCUT2D eigenvalue weighted by molar-refractivity contribution is -0.106. The fraction of sp³-hybridized carbons (Fsp3) is 0.444. The third kappa shape index (κ3) is 6.16. The van der Waals surface area contributed by atoms with Crippen molar-refractivity contribution >= 4 is 47.1 Å². The van der Waals surface area contributed by atoms with E-state index in [1.54, 1.807) is 23.7 Å². The summed E-state index contributed by atoms with van der Waals surface area (Å²) in [6, 6.07) is 13.4. The van der Waals surface area contributed by atoms with Crippen LogP contribution in [-0.2, 0) is 4.79 Å². The maximum atomic E-state index is 13.5. The van der Waals surface area contributed by atoms with E-state index < -0.39 is 5.83 Å². The Bertz CT molecular complexity index is 1040. The van der Waals surface area contributed by atoms with E-state index in [0.29, 0.717) is 11.8 Å². The van der Waals surface area contributed by atoms with Gasteiger partial charge >= 0.3 is 0 Å². The molecule has 0 amide bonds. The number of aldehydes is 1. The van der Waals surface area contributed by atoms with Gasteiger partial charge in [0.25, 0.3) is 0 Å². The van der Waals surface area contributed by atoms with Crippen molar-refractivity contribution in [3.8, 4) is 5.75 Å². The Kier molecular flexibility index (Phi) is 9.03. The minimum atomic E-state index is -0.934. The van der Waals surface area contributed by atoms with Crippen molar-refractivity contribution in [2.75, 3.05) is 42.7 Å². The van der Waals surface area contributed by atoms with Crippen molar-refractivity contribution in [2.45, 2.75) is 54.9 Å². The number of rotatable bonds is 9. The minimum Gasteiger partial charge on any atom is -0.461 e. The molecule has 1 unspecified atom stereocenters. The summed E-state index contributed by atoms with van der Waals surface area (Å²) in [5, 5.41) is 0. The molecule has 8 heteroatoms. The first kappa shape index (κ1) is 25.9. The molecule has 1 atom stereocenters. The lowest BCUT2D eigenvalue weighted by Gasteiger charge is -2.30. The Morgan fingerprint density at radius 1 is 1.20 bits per heavy atom. The maximum Gasteiger partial charge on any atom is 0.197 e. The minimum absolute atomic E-state index is 0.149. The Balaban J connectivity index is 1.73. The number of carbonyl (C=O) groups is 1. The number of benzene rings is 2. The monoisotopic (exact) mass is 515 g/mol. The van der Waals surface area contributed by atoms with Crippen molar-refractivity contribution < 1.29 is 13.9 Å². The number of ether oxygens (including phenoxy) is 1. The van der Waals surface area contributed by atoms with Gasteiger partial charge in [-0.3, -0.25) is 4.79 Å². The van der Waals surface area contributed by atoms with Crippen LogP contribution in [0.1, 0.15) is 39.0 Å². The number of allylic oxidation sites excluding steroid dienone is 1. The van der Waals surface area contributed by atoms with E-state index in [1.165, 1.54) is 30.6 Å². The van der Waals surface area contributed by atoms with Crippen LogP contribution in [0.2, 0.25) is 0 Å². The molecule has 0 radical (unpaired) electrons. The zero-order valence-corrected chi connectivity index (χ0v) is 22.3. The number of carbonyl (C=O) groups excluding carboxylic acids is 1. The van der Waals surface area contributed by atoms with Crippen LogP contribution < -0.4 is 14.5 Å². The lowest BCUT2D eigenvalue weighted by atomic mass is 10.1. The first-order valence-corrected chi connectivity index (χ1v) is 14.3. The molecule has 0 N–H and O–H groups in total. The molecule has 2 aliphatic rings.